The average Bonchev–Trinajstić information content (AvgIpc) is 3.20. The number of aromatic nitrogens is 1. The van der Waals surface area contributed by atoms with E-state index in [9.17, 15) is 19.2 Å². The SMILES string of the molecule is COc1cc(OC)cc(N2C(=O)CC(N(NC(=O)Cc3ccccc3)C(=O)c3cccnc3)C2=O)c1. The van der Waals surface area contributed by atoms with Crippen molar-refractivity contribution in [2.24, 2.45) is 0 Å². The maximum atomic E-state index is 13.5. The van der Waals surface area contributed by atoms with E-state index in [1.165, 1.54) is 44.8 Å². The van der Waals surface area contributed by atoms with Crippen LogP contribution in [0, 0.1) is 0 Å². The molecule has 184 valence electrons. The molecule has 0 saturated carbocycles. The molecule has 2 aromatic carbocycles. The van der Waals surface area contributed by atoms with Crippen LogP contribution >= 0.6 is 0 Å². The molecule has 2 heterocycles. The Balaban J connectivity index is 1.65. The minimum Gasteiger partial charge on any atom is -0.497 e. The maximum Gasteiger partial charge on any atom is 0.274 e. The first-order chi connectivity index (χ1) is 17.4. The van der Waals surface area contributed by atoms with Gasteiger partial charge in [-0.3, -0.25) is 29.6 Å². The molecule has 1 unspecified atom stereocenters. The van der Waals surface area contributed by atoms with E-state index >= 15 is 0 Å². The summed E-state index contributed by atoms with van der Waals surface area (Å²) in [5.74, 6) is -1.63. The van der Waals surface area contributed by atoms with E-state index in [0.29, 0.717) is 11.5 Å². The second kappa shape index (κ2) is 10.7. The van der Waals surface area contributed by atoms with Crippen LogP contribution in [0.25, 0.3) is 0 Å². The molecule has 1 saturated heterocycles. The molecule has 3 aromatic rings. The van der Waals surface area contributed by atoms with Gasteiger partial charge in [-0.1, -0.05) is 30.3 Å². The van der Waals surface area contributed by atoms with Crippen molar-refractivity contribution in [1.82, 2.24) is 15.4 Å². The van der Waals surface area contributed by atoms with Crippen molar-refractivity contribution in [1.29, 1.82) is 0 Å². The van der Waals surface area contributed by atoms with Crippen LogP contribution in [0.15, 0.2) is 73.1 Å². The Morgan fingerprint density at radius 2 is 1.72 bits per heavy atom. The lowest BCUT2D eigenvalue weighted by molar-refractivity contribution is -0.128. The van der Waals surface area contributed by atoms with Gasteiger partial charge in [0.25, 0.3) is 11.8 Å². The van der Waals surface area contributed by atoms with Crippen LogP contribution in [0.1, 0.15) is 22.3 Å². The molecule has 0 aliphatic carbocycles. The van der Waals surface area contributed by atoms with Gasteiger partial charge in [0.15, 0.2) is 0 Å². The molecule has 1 atom stereocenters. The van der Waals surface area contributed by atoms with E-state index in [-0.39, 0.29) is 24.1 Å². The Morgan fingerprint density at radius 1 is 1.03 bits per heavy atom. The van der Waals surface area contributed by atoms with Gasteiger partial charge in [0.1, 0.15) is 17.5 Å². The number of nitrogens with one attached hydrogen (secondary N) is 1. The number of ether oxygens (including phenoxy) is 2. The maximum absolute atomic E-state index is 13.5. The highest BCUT2D eigenvalue weighted by Crippen LogP contribution is 2.32. The van der Waals surface area contributed by atoms with Crippen LogP contribution in [0.4, 0.5) is 5.69 Å². The van der Waals surface area contributed by atoms with Crippen LogP contribution in [-0.4, -0.2) is 53.9 Å². The largest absolute Gasteiger partial charge is 0.497 e. The Morgan fingerprint density at radius 3 is 2.33 bits per heavy atom. The summed E-state index contributed by atoms with van der Waals surface area (Å²) in [4.78, 5) is 57.6. The zero-order chi connectivity index (χ0) is 25.7. The number of methoxy groups -OCH3 is 2. The standard InChI is InChI=1S/C26H24N4O6/c1-35-20-12-19(13-21(14-20)36-2)29-24(32)15-22(26(29)34)30(25(33)18-9-6-10-27-16-18)28-23(31)11-17-7-4-3-5-8-17/h3-10,12-14,16,22H,11,15H2,1-2H3,(H,28,31). The summed E-state index contributed by atoms with van der Waals surface area (Å²) in [5, 5.41) is 0.917. The predicted molar refractivity (Wildman–Crippen MR) is 129 cm³/mol. The molecule has 10 nitrogen and oxygen atoms in total. The molecule has 4 amide bonds. The zero-order valence-corrected chi connectivity index (χ0v) is 19.7. The number of imide groups is 1. The summed E-state index contributed by atoms with van der Waals surface area (Å²) in [5.41, 5.74) is 3.65. The van der Waals surface area contributed by atoms with Gasteiger partial charge in [-0.05, 0) is 17.7 Å². The van der Waals surface area contributed by atoms with E-state index in [2.05, 4.69) is 10.4 Å². The Labute approximate surface area is 207 Å². The van der Waals surface area contributed by atoms with E-state index in [0.717, 1.165) is 15.5 Å². The fourth-order valence-corrected chi connectivity index (χ4v) is 3.86. The highest BCUT2D eigenvalue weighted by molar-refractivity contribution is 6.23. The number of nitrogens with zero attached hydrogens (tertiary/aromatic N) is 3. The first-order valence-electron chi connectivity index (χ1n) is 11.1. The predicted octanol–water partition coefficient (Wildman–Crippen LogP) is 2.15. The zero-order valence-electron chi connectivity index (χ0n) is 19.7. The third-order valence-electron chi connectivity index (χ3n) is 5.61. The number of rotatable bonds is 7. The first kappa shape index (κ1) is 24.4. The first-order valence-corrected chi connectivity index (χ1v) is 11.1. The monoisotopic (exact) mass is 488 g/mol. The fourth-order valence-electron chi connectivity index (χ4n) is 3.86. The molecule has 1 aliphatic rings. The van der Waals surface area contributed by atoms with Gasteiger partial charge >= 0.3 is 0 Å². The van der Waals surface area contributed by atoms with Crippen molar-refractivity contribution in [3.8, 4) is 11.5 Å². The fraction of sp³-hybridized carbons (Fsp3) is 0.192. The lowest BCUT2D eigenvalue weighted by atomic mass is 10.1. The molecule has 0 bridgehead atoms. The minimum absolute atomic E-state index is 0.0245. The van der Waals surface area contributed by atoms with E-state index < -0.39 is 29.7 Å². The molecule has 1 N–H and O–H groups in total. The molecule has 36 heavy (non-hydrogen) atoms. The lowest BCUT2D eigenvalue weighted by Crippen LogP contribution is -2.55. The van der Waals surface area contributed by atoms with Gasteiger partial charge in [-0.2, -0.15) is 0 Å². The molecule has 0 spiro atoms. The van der Waals surface area contributed by atoms with Crippen molar-refractivity contribution in [2.45, 2.75) is 18.9 Å². The molecule has 10 heteroatoms. The van der Waals surface area contributed by atoms with Crippen molar-refractivity contribution >= 4 is 29.3 Å². The van der Waals surface area contributed by atoms with Gasteiger partial charge in [0, 0.05) is 30.6 Å². The number of hydrogen-bond acceptors (Lipinski definition) is 7. The van der Waals surface area contributed by atoms with Gasteiger partial charge < -0.3 is 9.47 Å². The van der Waals surface area contributed by atoms with E-state index in [1.54, 1.807) is 36.4 Å². The average molecular weight is 489 g/mol. The topological polar surface area (TPSA) is 118 Å². The molecule has 1 fully saturated rings. The third kappa shape index (κ3) is 5.17. The van der Waals surface area contributed by atoms with Crippen LogP contribution in [0.5, 0.6) is 11.5 Å². The Bertz CT molecular complexity index is 1260. The number of pyridine rings is 1. The summed E-state index contributed by atoms with van der Waals surface area (Å²) in [6.45, 7) is 0. The normalized spacial score (nSPS) is 14.9. The van der Waals surface area contributed by atoms with Gasteiger partial charge in [-0.25, -0.2) is 9.91 Å². The van der Waals surface area contributed by atoms with Gasteiger partial charge in [0.05, 0.1) is 38.3 Å². The number of hydrazine groups is 1. The Kier molecular flexibility index (Phi) is 7.24. The highest BCUT2D eigenvalue weighted by atomic mass is 16.5. The lowest BCUT2D eigenvalue weighted by Gasteiger charge is -2.28. The Hall–Kier alpha value is -4.73. The second-order valence-electron chi connectivity index (χ2n) is 7.97. The van der Waals surface area contributed by atoms with Crippen molar-refractivity contribution < 1.29 is 28.7 Å². The van der Waals surface area contributed by atoms with E-state index in [4.69, 9.17) is 9.47 Å². The molecular weight excluding hydrogens is 464 g/mol. The van der Waals surface area contributed by atoms with Crippen LogP contribution in [0.2, 0.25) is 0 Å². The number of amides is 4. The quantitative estimate of drug-likeness (QED) is 0.400. The highest BCUT2D eigenvalue weighted by Gasteiger charge is 2.45. The summed E-state index contributed by atoms with van der Waals surface area (Å²) in [7, 11) is 2.90. The minimum atomic E-state index is -1.26. The van der Waals surface area contributed by atoms with E-state index in [1.807, 2.05) is 6.07 Å². The third-order valence-corrected chi connectivity index (χ3v) is 5.61. The van der Waals surface area contributed by atoms with Crippen molar-refractivity contribution in [3.63, 3.8) is 0 Å². The van der Waals surface area contributed by atoms with Crippen LogP contribution < -0.4 is 19.8 Å². The number of benzene rings is 2. The van der Waals surface area contributed by atoms with Crippen LogP contribution in [-0.2, 0) is 20.8 Å². The number of anilines is 1. The summed E-state index contributed by atoms with van der Waals surface area (Å²) >= 11 is 0. The molecule has 4 rings (SSSR count). The molecule has 0 radical (unpaired) electrons. The smallest absolute Gasteiger partial charge is 0.274 e. The summed E-state index contributed by atoms with van der Waals surface area (Å²) < 4.78 is 10.5. The molecular formula is C26H24N4O6. The number of hydrogen-bond donors (Lipinski definition) is 1. The summed E-state index contributed by atoms with van der Waals surface area (Å²) in [6.07, 6.45) is 2.47. The number of carbonyl (C=O) groups excluding carboxylic acids is 4. The van der Waals surface area contributed by atoms with Crippen molar-refractivity contribution in [2.75, 3.05) is 19.1 Å². The number of carbonyl (C=O) groups is 4. The van der Waals surface area contributed by atoms with Crippen LogP contribution in [0.3, 0.4) is 0 Å². The second-order valence-corrected chi connectivity index (χ2v) is 7.97. The van der Waals surface area contributed by atoms with Gasteiger partial charge in [-0.15, -0.1) is 0 Å². The molecule has 1 aliphatic heterocycles. The van der Waals surface area contributed by atoms with Crippen molar-refractivity contribution in [3.05, 3.63) is 84.2 Å². The van der Waals surface area contributed by atoms with Gasteiger partial charge in [0.2, 0.25) is 11.8 Å². The summed E-state index contributed by atoms with van der Waals surface area (Å²) in [6, 6.07) is 15.4. The molecule has 1 aromatic heterocycles.